The van der Waals surface area contributed by atoms with Crippen molar-refractivity contribution in [3.63, 3.8) is 0 Å². The first-order valence-electron chi connectivity index (χ1n) is 20.6. The summed E-state index contributed by atoms with van der Waals surface area (Å²) in [5, 5.41) is 7.53. The summed E-state index contributed by atoms with van der Waals surface area (Å²) < 4.78 is 2.64. The average molecular weight is 783 g/mol. The average Bonchev–Trinajstić information content (AvgIpc) is 3.79. The van der Waals surface area contributed by atoms with E-state index in [2.05, 4.69) is 202 Å². The monoisotopic (exact) mass is 782 g/mol. The van der Waals surface area contributed by atoms with E-state index in [9.17, 15) is 0 Å². The Morgan fingerprint density at radius 2 is 1.00 bits per heavy atom. The van der Waals surface area contributed by atoms with Crippen LogP contribution in [0.3, 0.4) is 0 Å². The summed E-state index contributed by atoms with van der Waals surface area (Å²) in [5.74, 6) is 0.720. The van der Waals surface area contributed by atoms with E-state index in [1.807, 2.05) is 17.4 Å². The molecule has 0 bridgehead atoms. The summed E-state index contributed by atoms with van der Waals surface area (Å²) in [6.45, 7) is 4.70. The molecule has 3 heteroatoms. The third kappa shape index (κ3) is 5.47. The molecule has 0 saturated carbocycles. The minimum atomic E-state index is -0.147. The summed E-state index contributed by atoms with van der Waals surface area (Å²) in [6.07, 6.45) is 0. The number of aromatic nitrogens is 2. The molecule has 1 aliphatic rings. The van der Waals surface area contributed by atoms with Crippen LogP contribution in [0.15, 0.2) is 194 Å². The largest absolute Gasteiger partial charge is 0.228 e. The van der Waals surface area contributed by atoms with Gasteiger partial charge in [-0.3, -0.25) is 0 Å². The molecule has 0 spiro atoms. The SMILES string of the molecule is CC1(C)c2cc3ccccc3cc2-c2c(-c3cc(-c4ccc5cc(-c6ccccc6-c6cccc7sc8ccccc8c67)ccc5c4)nc(-c4ccccc4)n3)cccc21. The highest BCUT2D eigenvalue weighted by Crippen LogP contribution is 2.53. The van der Waals surface area contributed by atoms with Crippen molar-refractivity contribution in [3.05, 3.63) is 205 Å². The van der Waals surface area contributed by atoms with Crippen LogP contribution in [0.25, 0.3) is 109 Å². The van der Waals surface area contributed by atoms with Crippen LogP contribution in [-0.2, 0) is 5.41 Å². The molecule has 2 heterocycles. The van der Waals surface area contributed by atoms with Gasteiger partial charge < -0.3 is 0 Å². The molecule has 0 amide bonds. The molecule has 9 aromatic carbocycles. The smallest absolute Gasteiger partial charge is 0.160 e. The molecule has 1 aliphatic carbocycles. The van der Waals surface area contributed by atoms with Gasteiger partial charge in [-0.2, -0.15) is 0 Å². The van der Waals surface area contributed by atoms with Gasteiger partial charge in [0.1, 0.15) is 0 Å². The van der Waals surface area contributed by atoms with Crippen LogP contribution in [0.1, 0.15) is 25.0 Å². The Morgan fingerprint density at radius 1 is 0.383 bits per heavy atom. The number of benzene rings is 9. The third-order valence-corrected chi connectivity index (χ3v) is 13.8. The molecule has 0 fully saturated rings. The van der Waals surface area contributed by atoms with E-state index in [0.717, 1.165) is 33.9 Å². The maximum Gasteiger partial charge on any atom is 0.160 e. The lowest BCUT2D eigenvalue weighted by Gasteiger charge is -2.22. The molecular weight excluding hydrogens is 745 g/mol. The summed E-state index contributed by atoms with van der Waals surface area (Å²) >= 11 is 1.87. The number of fused-ring (bicyclic) bond motifs is 8. The highest BCUT2D eigenvalue weighted by atomic mass is 32.1. The van der Waals surface area contributed by atoms with Crippen molar-refractivity contribution in [2.75, 3.05) is 0 Å². The van der Waals surface area contributed by atoms with Crippen LogP contribution in [0, 0.1) is 0 Å². The van der Waals surface area contributed by atoms with E-state index in [1.165, 1.54) is 86.2 Å². The molecule has 2 aromatic heterocycles. The number of hydrogen-bond donors (Lipinski definition) is 0. The van der Waals surface area contributed by atoms with Crippen LogP contribution in [0.5, 0.6) is 0 Å². The van der Waals surface area contributed by atoms with Gasteiger partial charge >= 0.3 is 0 Å². The lowest BCUT2D eigenvalue weighted by molar-refractivity contribution is 0.661. The third-order valence-electron chi connectivity index (χ3n) is 12.7. The molecule has 0 N–H and O–H groups in total. The quantitative estimate of drug-likeness (QED) is 0.174. The molecule has 282 valence electrons. The second kappa shape index (κ2) is 13.4. The molecule has 12 rings (SSSR count). The first-order valence-corrected chi connectivity index (χ1v) is 21.5. The van der Waals surface area contributed by atoms with E-state index >= 15 is 0 Å². The Labute approximate surface area is 353 Å². The van der Waals surface area contributed by atoms with Crippen molar-refractivity contribution in [1.29, 1.82) is 0 Å². The highest BCUT2D eigenvalue weighted by Gasteiger charge is 2.37. The van der Waals surface area contributed by atoms with E-state index < -0.39 is 0 Å². The minimum absolute atomic E-state index is 0.147. The fraction of sp³-hybridized carbons (Fsp3) is 0.0526. The van der Waals surface area contributed by atoms with E-state index in [1.54, 1.807) is 0 Å². The fourth-order valence-electron chi connectivity index (χ4n) is 9.68. The van der Waals surface area contributed by atoms with Gasteiger partial charge in [-0.25, -0.2) is 9.97 Å². The summed E-state index contributed by atoms with van der Waals surface area (Å²) in [7, 11) is 0. The zero-order chi connectivity index (χ0) is 40.0. The van der Waals surface area contributed by atoms with Crippen molar-refractivity contribution in [2.45, 2.75) is 19.3 Å². The van der Waals surface area contributed by atoms with E-state index in [-0.39, 0.29) is 5.41 Å². The predicted octanol–water partition coefficient (Wildman–Crippen LogP) is 15.8. The summed E-state index contributed by atoms with van der Waals surface area (Å²) in [6, 6.07) is 70.7. The zero-order valence-corrected chi connectivity index (χ0v) is 34.1. The van der Waals surface area contributed by atoms with Gasteiger partial charge in [0.2, 0.25) is 0 Å². The predicted molar refractivity (Wildman–Crippen MR) is 255 cm³/mol. The molecule has 0 unspecified atom stereocenters. The Bertz CT molecular complexity index is 3520. The molecule has 0 radical (unpaired) electrons. The number of thiophene rings is 1. The Morgan fingerprint density at radius 3 is 1.85 bits per heavy atom. The summed E-state index contributed by atoms with van der Waals surface area (Å²) in [4.78, 5) is 10.6. The van der Waals surface area contributed by atoms with Gasteiger partial charge in [0.05, 0.1) is 11.4 Å². The number of rotatable bonds is 5. The molecule has 0 saturated heterocycles. The van der Waals surface area contributed by atoms with Gasteiger partial charge in [-0.15, -0.1) is 11.3 Å². The van der Waals surface area contributed by atoms with Crippen molar-refractivity contribution >= 4 is 53.1 Å². The van der Waals surface area contributed by atoms with Gasteiger partial charge in [0.15, 0.2) is 5.82 Å². The van der Waals surface area contributed by atoms with Crippen molar-refractivity contribution < 1.29 is 0 Å². The van der Waals surface area contributed by atoms with Gasteiger partial charge in [-0.1, -0.05) is 166 Å². The van der Waals surface area contributed by atoms with Crippen LogP contribution >= 0.6 is 11.3 Å². The van der Waals surface area contributed by atoms with Crippen LogP contribution in [-0.4, -0.2) is 9.97 Å². The molecule has 0 atom stereocenters. The van der Waals surface area contributed by atoms with Crippen LogP contribution in [0.4, 0.5) is 0 Å². The lowest BCUT2D eigenvalue weighted by Crippen LogP contribution is -2.14. The van der Waals surface area contributed by atoms with Gasteiger partial charge in [0.25, 0.3) is 0 Å². The van der Waals surface area contributed by atoms with E-state index in [0.29, 0.717) is 0 Å². The topological polar surface area (TPSA) is 25.8 Å². The lowest BCUT2D eigenvalue weighted by atomic mass is 9.81. The Kier molecular flexibility index (Phi) is 7.79. The molecule has 0 aliphatic heterocycles. The van der Waals surface area contributed by atoms with Gasteiger partial charge in [0, 0.05) is 42.3 Å². The zero-order valence-electron chi connectivity index (χ0n) is 33.3. The van der Waals surface area contributed by atoms with Crippen molar-refractivity contribution in [2.24, 2.45) is 0 Å². The van der Waals surface area contributed by atoms with Crippen LogP contribution < -0.4 is 0 Å². The maximum atomic E-state index is 5.32. The second-order valence-corrected chi connectivity index (χ2v) is 17.6. The molecule has 2 nitrogen and oxygen atoms in total. The van der Waals surface area contributed by atoms with Gasteiger partial charge in [-0.05, 0) is 109 Å². The Hall–Kier alpha value is -7.20. The molecule has 60 heavy (non-hydrogen) atoms. The maximum absolute atomic E-state index is 5.32. The van der Waals surface area contributed by atoms with Crippen molar-refractivity contribution in [1.82, 2.24) is 9.97 Å². The highest BCUT2D eigenvalue weighted by molar-refractivity contribution is 7.25. The molecule has 11 aromatic rings. The van der Waals surface area contributed by atoms with Crippen LogP contribution in [0.2, 0.25) is 0 Å². The normalized spacial score (nSPS) is 13.0. The second-order valence-electron chi connectivity index (χ2n) is 16.5. The number of nitrogens with zero attached hydrogens (tertiary/aromatic N) is 2. The first-order chi connectivity index (χ1) is 29.5. The standard InChI is InChI=1S/C57H38N2S/c1-57(2)48-23-12-22-45(54(48)47-32-36-16-6-7-17-37(36)33-49(47)57)51-34-50(58-56(59-51)35-14-4-3-5-15-35)41-29-27-38-30-40(28-26-39(38)31-41)42-18-8-9-19-43(42)44-21-13-25-53-55(44)46-20-10-11-24-52(46)60-53/h3-34H,1-2H3. The fourth-order valence-corrected chi connectivity index (χ4v) is 10.8. The molecular formula is C57H38N2S. The first kappa shape index (κ1) is 34.8. The minimum Gasteiger partial charge on any atom is -0.228 e. The van der Waals surface area contributed by atoms with Crippen molar-refractivity contribution in [3.8, 4) is 67.3 Å². The summed E-state index contributed by atoms with van der Waals surface area (Å²) in [5.41, 5.74) is 15.1. The Balaban J connectivity index is 0.985. The van der Waals surface area contributed by atoms with E-state index in [4.69, 9.17) is 9.97 Å². The number of hydrogen-bond acceptors (Lipinski definition) is 3.